The first kappa shape index (κ1) is 29.5. The van der Waals surface area contributed by atoms with Crippen molar-refractivity contribution >= 4 is 29.1 Å². The Kier molecular flexibility index (Phi) is 9.34. The van der Waals surface area contributed by atoms with Crippen molar-refractivity contribution in [3.05, 3.63) is 130 Å². The van der Waals surface area contributed by atoms with Crippen LogP contribution in [-0.4, -0.2) is 28.7 Å². The number of carbonyl (C=O) groups excluding carboxylic acids is 2. The lowest BCUT2D eigenvalue weighted by Gasteiger charge is -2.41. The number of carbonyl (C=O) groups is 2. The Morgan fingerprint density at radius 2 is 1.69 bits per heavy atom. The highest BCUT2D eigenvalue weighted by atomic mass is 32.2. The summed E-state index contributed by atoms with van der Waals surface area (Å²) in [5, 5.41) is 25.2. The lowest BCUT2D eigenvalue weighted by Crippen LogP contribution is -2.39. The van der Waals surface area contributed by atoms with Gasteiger partial charge in [0.15, 0.2) is 18.3 Å². The van der Waals surface area contributed by atoms with E-state index in [4.69, 9.17) is 9.47 Å². The Bertz CT molecular complexity index is 1560. The van der Waals surface area contributed by atoms with E-state index in [-0.39, 0.29) is 36.4 Å². The lowest BCUT2D eigenvalue weighted by molar-refractivity contribution is -0.645. The summed E-state index contributed by atoms with van der Waals surface area (Å²) in [6, 6.07) is 26.8. The van der Waals surface area contributed by atoms with E-state index in [0.29, 0.717) is 33.2 Å². The molecule has 1 aliphatic heterocycles. The van der Waals surface area contributed by atoms with Crippen LogP contribution < -0.4 is 10.0 Å². The van der Waals surface area contributed by atoms with E-state index in [1.54, 1.807) is 54.6 Å². The van der Waals surface area contributed by atoms with Crippen LogP contribution in [-0.2, 0) is 16.1 Å². The number of nitrogens with zero attached hydrogens (tertiary/aromatic N) is 1. The number of anilines is 1. The van der Waals surface area contributed by atoms with Gasteiger partial charge in [-0.05, 0) is 48.4 Å². The molecular weight excluding hydrogens is 552 g/mol. The summed E-state index contributed by atoms with van der Waals surface area (Å²) < 4.78 is 13.8. The van der Waals surface area contributed by atoms with Crippen LogP contribution in [0.4, 0.5) is 5.69 Å². The minimum atomic E-state index is -0.766. The van der Waals surface area contributed by atoms with E-state index in [1.165, 1.54) is 24.9 Å². The van der Waals surface area contributed by atoms with Crippen molar-refractivity contribution in [3.8, 4) is 0 Å². The SMILES string of the molecule is CC(=O)c1cccc(NC(=O)c2cccc(C3O[C@H](CSc4cccc[n+]4[O-])[C@H](C)[C@H](c4ccc(CO)cc4)O3)c2)c1. The third-order valence-corrected chi connectivity index (χ3v) is 8.36. The second kappa shape index (κ2) is 13.3. The van der Waals surface area contributed by atoms with Gasteiger partial charge in [-0.2, -0.15) is 4.73 Å². The van der Waals surface area contributed by atoms with Crippen LogP contribution in [0.5, 0.6) is 0 Å². The Labute approximate surface area is 248 Å². The third-order valence-electron chi connectivity index (χ3n) is 7.26. The molecule has 9 heteroatoms. The van der Waals surface area contributed by atoms with E-state index < -0.39 is 6.29 Å². The molecule has 0 aliphatic carbocycles. The second-order valence-corrected chi connectivity index (χ2v) is 11.3. The molecule has 0 saturated carbocycles. The Morgan fingerprint density at radius 1 is 0.929 bits per heavy atom. The number of ketones is 1. The van der Waals surface area contributed by atoms with Crippen LogP contribution in [0.25, 0.3) is 0 Å². The first-order valence-electron chi connectivity index (χ1n) is 13.7. The molecule has 4 atom stereocenters. The fourth-order valence-corrected chi connectivity index (χ4v) is 5.93. The first-order chi connectivity index (χ1) is 20.3. The number of amides is 1. The molecule has 0 radical (unpaired) electrons. The van der Waals surface area contributed by atoms with E-state index in [2.05, 4.69) is 12.2 Å². The molecule has 0 spiro atoms. The maximum absolute atomic E-state index is 13.2. The zero-order chi connectivity index (χ0) is 29.6. The molecule has 1 unspecified atom stereocenters. The Hall–Kier alpha value is -4.02. The van der Waals surface area contributed by atoms with Crippen LogP contribution in [0.1, 0.15) is 63.6 Å². The fourth-order valence-electron chi connectivity index (χ4n) is 4.85. The van der Waals surface area contributed by atoms with Crippen LogP contribution >= 0.6 is 11.8 Å². The van der Waals surface area contributed by atoms with Crippen molar-refractivity contribution in [2.75, 3.05) is 11.1 Å². The van der Waals surface area contributed by atoms with Crippen molar-refractivity contribution in [2.45, 2.75) is 44.0 Å². The number of benzene rings is 3. The van der Waals surface area contributed by atoms with Crippen molar-refractivity contribution in [1.82, 2.24) is 0 Å². The largest absolute Gasteiger partial charge is 0.618 e. The summed E-state index contributed by atoms with van der Waals surface area (Å²) in [4.78, 5) is 24.9. The van der Waals surface area contributed by atoms with Gasteiger partial charge in [0.05, 0.1) is 18.8 Å². The fraction of sp³-hybridized carbons (Fsp3) is 0.242. The topological polar surface area (TPSA) is 112 Å². The van der Waals surface area contributed by atoms with Crippen LogP contribution in [0.15, 0.2) is 102 Å². The quantitative estimate of drug-likeness (QED) is 0.110. The van der Waals surface area contributed by atoms with E-state index in [9.17, 15) is 19.9 Å². The Morgan fingerprint density at radius 3 is 2.43 bits per heavy atom. The average Bonchev–Trinajstić information content (AvgIpc) is 3.01. The van der Waals surface area contributed by atoms with E-state index in [1.807, 2.05) is 36.4 Å². The van der Waals surface area contributed by atoms with Gasteiger partial charge < -0.3 is 25.1 Å². The molecule has 1 aliphatic rings. The maximum atomic E-state index is 13.2. The summed E-state index contributed by atoms with van der Waals surface area (Å²) in [5.41, 5.74) is 3.88. The summed E-state index contributed by atoms with van der Waals surface area (Å²) in [6.45, 7) is 3.49. The monoisotopic (exact) mass is 584 g/mol. The molecule has 2 heterocycles. The lowest BCUT2D eigenvalue weighted by atomic mass is 9.91. The minimum Gasteiger partial charge on any atom is -0.618 e. The predicted octanol–water partition coefficient (Wildman–Crippen LogP) is 5.85. The van der Waals surface area contributed by atoms with Gasteiger partial charge in [-0.1, -0.05) is 67.2 Å². The zero-order valence-electron chi connectivity index (χ0n) is 23.3. The molecule has 2 N–H and O–H groups in total. The van der Waals surface area contributed by atoms with Crippen molar-refractivity contribution in [3.63, 3.8) is 0 Å². The van der Waals surface area contributed by atoms with Crippen molar-refractivity contribution in [2.24, 2.45) is 5.92 Å². The summed E-state index contributed by atoms with van der Waals surface area (Å²) in [5.74, 6) is 0.0525. The summed E-state index contributed by atoms with van der Waals surface area (Å²) >= 11 is 1.42. The molecule has 1 aromatic heterocycles. The van der Waals surface area contributed by atoms with Crippen LogP contribution in [0, 0.1) is 11.1 Å². The number of aliphatic hydroxyl groups excluding tert-OH is 1. The smallest absolute Gasteiger partial charge is 0.255 e. The number of nitrogens with one attached hydrogen (secondary N) is 1. The highest BCUT2D eigenvalue weighted by Crippen LogP contribution is 2.43. The van der Waals surface area contributed by atoms with Gasteiger partial charge in [-0.25, -0.2) is 0 Å². The number of hydrogen-bond acceptors (Lipinski definition) is 7. The second-order valence-electron chi connectivity index (χ2n) is 10.2. The van der Waals surface area contributed by atoms with Crippen molar-refractivity contribution < 1.29 is 28.9 Å². The van der Waals surface area contributed by atoms with Gasteiger partial charge in [0, 0.05) is 46.2 Å². The first-order valence-corrected chi connectivity index (χ1v) is 14.6. The highest BCUT2D eigenvalue weighted by Gasteiger charge is 2.39. The van der Waals surface area contributed by atoms with Gasteiger partial charge in [0.25, 0.3) is 10.9 Å². The minimum absolute atomic E-state index is 0.0491. The number of hydrogen-bond donors (Lipinski definition) is 2. The van der Waals surface area contributed by atoms with Gasteiger partial charge in [-0.3, -0.25) is 9.59 Å². The summed E-state index contributed by atoms with van der Waals surface area (Å²) in [7, 11) is 0. The highest BCUT2D eigenvalue weighted by molar-refractivity contribution is 7.99. The molecule has 5 rings (SSSR count). The molecule has 1 fully saturated rings. The van der Waals surface area contributed by atoms with Gasteiger partial charge in [0.1, 0.15) is 0 Å². The molecule has 1 amide bonds. The number of aliphatic hydroxyl groups is 1. The van der Waals surface area contributed by atoms with E-state index in [0.717, 1.165) is 15.9 Å². The summed E-state index contributed by atoms with van der Waals surface area (Å²) in [6.07, 6.45) is 0.100. The molecule has 0 bridgehead atoms. The van der Waals surface area contributed by atoms with Gasteiger partial charge in [0.2, 0.25) is 0 Å². The number of rotatable bonds is 9. The van der Waals surface area contributed by atoms with Gasteiger partial charge >= 0.3 is 0 Å². The van der Waals surface area contributed by atoms with E-state index >= 15 is 0 Å². The normalized spacial score (nSPS) is 20.2. The molecule has 42 heavy (non-hydrogen) atoms. The number of Topliss-reactive ketones (excluding diaryl/α,β-unsaturated/α-hetero) is 1. The number of thioether (sulfide) groups is 1. The Balaban J connectivity index is 1.39. The zero-order valence-corrected chi connectivity index (χ0v) is 24.1. The van der Waals surface area contributed by atoms with Crippen LogP contribution in [0.3, 0.4) is 0 Å². The number of ether oxygens (including phenoxy) is 2. The maximum Gasteiger partial charge on any atom is 0.255 e. The van der Waals surface area contributed by atoms with Gasteiger partial charge in [-0.15, -0.1) is 0 Å². The molecule has 216 valence electrons. The molecule has 8 nitrogen and oxygen atoms in total. The average molecular weight is 585 g/mol. The third kappa shape index (κ3) is 6.88. The molecule has 4 aromatic rings. The van der Waals surface area contributed by atoms with Crippen molar-refractivity contribution in [1.29, 1.82) is 0 Å². The molecule has 1 saturated heterocycles. The van der Waals surface area contributed by atoms with Crippen LogP contribution in [0.2, 0.25) is 0 Å². The molecular formula is C33H32N2O6S. The molecule has 3 aromatic carbocycles. The number of aromatic nitrogens is 1. The standard InChI is InChI=1S/C33H32N2O6S/c1-21-29(20-42-30-11-3-4-16-35(30)39)40-33(41-31(21)24-14-12-23(19-36)13-15-24)27-9-5-8-26(17-27)32(38)34-28-10-6-7-25(18-28)22(2)37/h3-18,21,29,31,33,36H,19-20H2,1-2H3,(H,34,38)/t21-,29+,31+,33?/m0/s1. The number of pyridine rings is 1. The predicted molar refractivity (Wildman–Crippen MR) is 160 cm³/mol.